The van der Waals surface area contributed by atoms with E-state index in [2.05, 4.69) is 6.58 Å². The van der Waals surface area contributed by atoms with Crippen LogP contribution >= 0.6 is 0 Å². The predicted octanol–water partition coefficient (Wildman–Crippen LogP) is 2.42. The lowest BCUT2D eigenvalue weighted by molar-refractivity contribution is -0.238. The summed E-state index contributed by atoms with van der Waals surface area (Å²) < 4.78 is 11.1. The maximum Gasteiger partial charge on any atom is 0.337 e. The Kier molecular flexibility index (Phi) is 4.50. The number of esters is 1. The first-order valence-electron chi connectivity index (χ1n) is 5.65. The van der Waals surface area contributed by atoms with Crippen molar-refractivity contribution < 1.29 is 14.3 Å². The Labute approximate surface area is 108 Å². The van der Waals surface area contributed by atoms with Crippen molar-refractivity contribution in [3.63, 3.8) is 0 Å². The highest BCUT2D eigenvalue weighted by Crippen LogP contribution is 2.22. The van der Waals surface area contributed by atoms with E-state index in [1.54, 1.807) is 45.0 Å². The molecule has 0 spiro atoms. The van der Waals surface area contributed by atoms with E-state index in [1.165, 1.54) is 0 Å². The minimum Gasteiger partial charge on any atom is -0.439 e. The molecule has 1 unspecified atom stereocenters. The van der Waals surface area contributed by atoms with Gasteiger partial charge in [-0.1, -0.05) is 24.8 Å². The summed E-state index contributed by atoms with van der Waals surface area (Å²) in [4.78, 5) is 13.3. The third-order valence-corrected chi connectivity index (χ3v) is 2.49. The largest absolute Gasteiger partial charge is 0.439 e. The Hall–Kier alpha value is -1.81. The summed E-state index contributed by atoms with van der Waals surface area (Å²) in [6.07, 6.45) is 0. The maximum absolute atomic E-state index is 11.6. The van der Waals surface area contributed by atoms with Crippen molar-refractivity contribution >= 4 is 5.97 Å². The molecule has 1 rings (SSSR count). The molecule has 1 aromatic carbocycles. The van der Waals surface area contributed by atoms with Gasteiger partial charge in [-0.3, -0.25) is 0 Å². The quantitative estimate of drug-likeness (QED) is 0.456. The van der Waals surface area contributed by atoms with Gasteiger partial charge in [0.05, 0.1) is 0 Å². The first-order chi connectivity index (χ1) is 8.35. The summed E-state index contributed by atoms with van der Waals surface area (Å²) >= 11 is 0. The number of carbonyl (C=O) groups is 1. The Morgan fingerprint density at radius 2 is 1.83 bits per heavy atom. The van der Waals surface area contributed by atoms with Crippen LogP contribution in [-0.2, 0) is 9.53 Å². The molecule has 1 atom stereocenters. The van der Waals surface area contributed by atoms with Crippen LogP contribution < -0.4 is 4.74 Å². The van der Waals surface area contributed by atoms with Crippen molar-refractivity contribution in [3.8, 4) is 5.75 Å². The number of hydrogen-bond donors (Lipinski definition) is 0. The molecule has 0 fully saturated rings. The van der Waals surface area contributed by atoms with Crippen LogP contribution in [0.3, 0.4) is 0 Å². The average Bonchev–Trinajstić information content (AvgIpc) is 2.29. The van der Waals surface area contributed by atoms with Gasteiger partial charge >= 0.3 is 11.9 Å². The summed E-state index contributed by atoms with van der Waals surface area (Å²) in [5.74, 6) is -1.03. The maximum atomic E-state index is 11.6. The zero-order chi connectivity index (χ0) is 13.8. The molecule has 0 N–H and O–H groups in total. The standard InChI is InChI=1S/C14H19NO3/c1-11(2)13(16)18-14(3,15(4)5)17-12-9-7-6-8-10-12/h6-10H,1H2,2-5H3. The number of para-hydroxylation sites is 1. The minimum absolute atomic E-state index is 0.333. The van der Waals surface area contributed by atoms with Gasteiger partial charge in [-0.25, -0.2) is 9.69 Å². The van der Waals surface area contributed by atoms with Crippen molar-refractivity contribution in [3.05, 3.63) is 42.5 Å². The van der Waals surface area contributed by atoms with E-state index in [0.29, 0.717) is 11.3 Å². The second-order valence-corrected chi connectivity index (χ2v) is 4.38. The van der Waals surface area contributed by atoms with E-state index >= 15 is 0 Å². The van der Waals surface area contributed by atoms with Gasteiger partial charge in [-0.05, 0) is 33.2 Å². The van der Waals surface area contributed by atoms with Crippen LogP contribution in [0.25, 0.3) is 0 Å². The van der Waals surface area contributed by atoms with Gasteiger partial charge < -0.3 is 9.47 Å². The number of hydrogen-bond acceptors (Lipinski definition) is 4. The van der Waals surface area contributed by atoms with Crippen molar-refractivity contribution in [2.75, 3.05) is 14.1 Å². The summed E-state index contributed by atoms with van der Waals surface area (Å²) in [6, 6.07) is 9.20. The van der Waals surface area contributed by atoms with Crippen LogP contribution in [-0.4, -0.2) is 30.9 Å². The van der Waals surface area contributed by atoms with E-state index in [9.17, 15) is 4.79 Å². The number of ether oxygens (including phenoxy) is 2. The third kappa shape index (κ3) is 3.60. The molecule has 0 aliphatic rings. The highest BCUT2D eigenvalue weighted by molar-refractivity contribution is 5.87. The van der Waals surface area contributed by atoms with Crippen LogP contribution in [0.1, 0.15) is 13.8 Å². The van der Waals surface area contributed by atoms with E-state index in [-0.39, 0.29) is 0 Å². The molecule has 0 heterocycles. The molecule has 18 heavy (non-hydrogen) atoms. The molecule has 1 aromatic rings. The van der Waals surface area contributed by atoms with Crippen molar-refractivity contribution in [1.82, 2.24) is 4.90 Å². The number of nitrogens with zero attached hydrogens (tertiary/aromatic N) is 1. The fourth-order valence-corrected chi connectivity index (χ4v) is 1.17. The van der Waals surface area contributed by atoms with Gasteiger partial charge in [0.25, 0.3) is 0 Å². The summed E-state index contributed by atoms with van der Waals surface area (Å²) in [7, 11) is 3.54. The van der Waals surface area contributed by atoms with E-state index in [0.717, 1.165) is 0 Å². The molecule has 0 aromatic heterocycles. The number of rotatable bonds is 5. The average molecular weight is 249 g/mol. The fourth-order valence-electron chi connectivity index (χ4n) is 1.17. The molecule has 98 valence electrons. The van der Waals surface area contributed by atoms with E-state index < -0.39 is 11.9 Å². The van der Waals surface area contributed by atoms with Crippen LogP contribution in [0.4, 0.5) is 0 Å². The monoisotopic (exact) mass is 249 g/mol. The normalized spacial score (nSPS) is 13.8. The first-order valence-corrected chi connectivity index (χ1v) is 5.65. The molecule has 0 saturated carbocycles. The molecule has 0 amide bonds. The molecule has 0 bridgehead atoms. The van der Waals surface area contributed by atoms with Crippen LogP contribution in [0.15, 0.2) is 42.5 Å². The Balaban J connectivity index is 2.87. The Morgan fingerprint density at radius 3 is 2.28 bits per heavy atom. The van der Waals surface area contributed by atoms with Crippen LogP contribution in [0.5, 0.6) is 5.75 Å². The molecule has 0 aliphatic carbocycles. The summed E-state index contributed by atoms with van der Waals surface area (Å²) in [6.45, 7) is 6.84. The van der Waals surface area contributed by atoms with E-state index in [1.807, 2.05) is 18.2 Å². The number of carbonyl (C=O) groups excluding carboxylic acids is 1. The van der Waals surface area contributed by atoms with E-state index in [4.69, 9.17) is 9.47 Å². The Morgan fingerprint density at radius 1 is 1.28 bits per heavy atom. The highest BCUT2D eigenvalue weighted by Gasteiger charge is 2.34. The topological polar surface area (TPSA) is 38.8 Å². The Bertz CT molecular complexity index is 428. The molecule has 0 saturated heterocycles. The molecule has 0 aliphatic heterocycles. The summed E-state index contributed by atoms with van der Waals surface area (Å²) in [5.41, 5.74) is 0.333. The van der Waals surface area contributed by atoms with Crippen molar-refractivity contribution in [2.24, 2.45) is 0 Å². The highest BCUT2D eigenvalue weighted by atomic mass is 16.7. The van der Waals surface area contributed by atoms with Crippen LogP contribution in [0, 0.1) is 0 Å². The van der Waals surface area contributed by atoms with Gasteiger partial charge in [0, 0.05) is 12.5 Å². The third-order valence-electron chi connectivity index (χ3n) is 2.49. The second-order valence-electron chi connectivity index (χ2n) is 4.38. The smallest absolute Gasteiger partial charge is 0.337 e. The lowest BCUT2D eigenvalue weighted by Gasteiger charge is -2.35. The minimum atomic E-state index is -1.17. The van der Waals surface area contributed by atoms with Gasteiger partial charge in [0.1, 0.15) is 5.75 Å². The summed E-state index contributed by atoms with van der Waals surface area (Å²) in [5, 5.41) is 0. The molecular formula is C14H19NO3. The predicted molar refractivity (Wildman–Crippen MR) is 70.1 cm³/mol. The molecular weight excluding hydrogens is 230 g/mol. The number of benzene rings is 1. The lowest BCUT2D eigenvalue weighted by Crippen LogP contribution is -2.50. The van der Waals surface area contributed by atoms with Crippen molar-refractivity contribution in [1.29, 1.82) is 0 Å². The first kappa shape index (κ1) is 14.3. The molecule has 4 nitrogen and oxygen atoms in total. The zero-order valence-electron chi connectivity index (χ0n) is 11.3. The zero-order valence-corrected chi connectivity index (χ0v) is 11.3. The second kappa shape index (κ2) is 5.69. The van der Waals surface area contributed by atoms with Gasteiger partial charge in [0.15, 0.2) is 0 Å². The molecule has 4 heteroatoms. The van der Waals surface area contributed by atoms with Crippen LogP contribution in [0.2, 0.25) is 0 Å². The fraction of sp³-hybridized carbons (Fsp3) is 0.357. The van der Waals surface area contributed by atoms with Gasteiger partial charge in [0.2, 0.25) is 0 Å². The SMILES string of the molecule is C=C(C)C(=O)OC(C)(Oc1ccccc1)N(C)C. The lowest BCUT2D eigenvalue weighted by atomic mass is 10.3. The van der Waals surface area contributed by atoms with Crippen molar-refractivity contribution in [2.45, 2.75) is 19.8 Å². The van der Waals surface area contributed by atoms with Gasteiger partial charge in [-0.2, -0.15) is 0 Å². The van der Waals surface area contributed by atoms with Gasteiger partial charge in [-0.15, -0.1) is 0 Å². The molecule has 0 radical (unpaired) electrons.